The first kappa shape index (κ1) is 15.5. The van der Waals surface area contributed by atoms with Crippen LogP contribution in [0.2, 0.25) is 0 Å². The SMILES string of the molecule is CSC1SC(C(=O)O)=CC1(C#N)c1ccccc1C(=O)O. The van der Waals surface area contributed by atoms with Crippen LogP contribution in [0.25, 0.3) is 0 Å². The third-order valence-electron chi connectivity index (χ3n) is 3.18. The Hall–Kier alpha value is -1.91. The minimum atomic E-state index is -1.27. The minimum Gasteiger partial charge on any atom is -0.478 e. The molecule has 5 nitrogen and oxygen atoms in total. The summed E-state index contributed by atoms with van der Waals surface area (Å²) in [6.45, 7) is 0. The van der Waals surface area contributed by atoms with E-state index in [1.807, 2.05) is 0 Å². The van der Waals surface area contributed by atoms with Crippen molar-refractivity contribution >= 4 is 35.5 Å². The Labute approximate surface area is 129 Å². The van der Waals surface area contributed by atoms with Gasteiger partial charge in [0.05, 0.1) is 21.1 Å². The van der Waals surface area contributed by atoms with Crippen LogP contribution in [0, 0.1) is 11.3 Å². The predicted octanol–water partition coefficient (Wildman–Crippen LogP) is 2.55. The molecule has 0 fully saturated rings. The Morgan fingerprint density at radius 3 is 2.52 bits per heavy atom. The van der Waals surface area contributed by atoms with Crippen LogP contribution in [0.4, 0.5) is 0 Å². The van der Waals surface area contributed by atoms with E-state index in [4.69, 9.17) is 5.11 Å². The molecule has 108 valence electrons. The van der Waals surface area contributed by atoms with Crippen LogP contribution in [-0.2, 0) is 10.2 Å². The third-order valence-corrected chi connectivity index (χ3v) is 5.98. The minimum absolute atomic E-state index is 0.0154. The van der Waals surface area contributed by atoms with Gasteiger partial charge in [-0.1, -0.05) is 18.2 Å². The number of hydrogen-bond donors (Lipinski definition) is 2. The first-order chi connectivity index (χ1) is 9.96. The van der Waals surface area contributed by atoms with E-state index in [9.17, 15) is 20.0 Å². The number of carboxylic acid groups (broad SMARTS) is 2. The molecular formula is C14H11NO4S2. The summed E-state index contributed by atoms with van der Waals surface area (Å²) in [5.41, 5.74) is -0.933. The van der Waals surface area contributed by atoms with Gasteiger partial charge in [-0.05, 0) is 24.0 Å². The zero-order valence-electron chi connectivity index (χ0n) is 10.9. The van der Waals surface area contributed by atoms with Gasteiger partial charge in [0.15, 0.2) is 0 Å². The summed E-state index contributed by atoms with van der Waals surface area (Å²) >= 11 is 2.41. The summed E-state index contributed by atoms with van der Waals surface area (Å²) in [4.78, 5) is 22.6. The van der Waals surface area contributed by atoms with Crippen molar-refractivity contribution in [3.8, 4) is 6.07 Å². The Bertz CT molecular complexity index is 680. The standard InChI is InChI=1S/C14H11NO4S2/c1-20-13-14(7-15,6-10(21-13)12(18)19)9-5-3-2-4-8(9)11(16)17/h2-6,13H,1H3,(H,16,17)(H,18,19). The predicted molar refractivity (Wildman–Crippen MR) is 81.3 cm³/mol. The highest BCUT2D eigenvalue weighted by Crippen LogP contribution is 2.51. The summed E-state index contributed by atoms with van der Waals surface area (Å²) in [6.07, 6.45) is 3.13. The number of aromatic carboxylic acids is 1. The molecule has 1 aromatic rings. The Balaban J connectivity index is 2.70. The average molecular weight is 321 g/mol. The van der Waals surface area contributed by atoms with Gasteiger partial charge < -0.3 is 10.2 Å². The number of benzene rings is 1. The smallest absolute Gasteiger partial charge is 0.341 e. The number of hydrogen-bond acceptors (Lipinski definition) is 5. The van der Waals surface area contributed by atoms with Crippen LogP contribution < -0.4 is 0 Å². The number of rotatable bonds is 4. The van der Waals surface area contributed by atoms with Gasteiger partial charge >= 0.3 is 11.9 Å². The second-order valence-electron chi connectivity index (χ2n) is 4.33. The van der Waals surface area contributed by atoms with Crippen molar-refractivity contribution in [1.82, 2.24) is 0 Å². The molecule has 0 bridgehead atoms. The Kier molecular flexibility index (Phi) is 4.30. The van der Waals surface area contributed by atoms with Crippen molar-refractivity contribution in [1.29, 1.82) is 5.26 Å². The molecular weight excluding hydrogens is 310 g/mol. The Morgan fingerprint density at radius 2 is 2.00 bits per heavy atom. The molecule has 1 aliphatic heterocycles. The molecule has 2 rings (SSSR count). The van der Waals surface area contributed by atoms with Crippen LogP contribution in [-0.4, -0.2) is 33.0 Å². The first-order valence-electron chi connectivity index (χ1n) is 5.86. The van der Waals surface area contributed by atoms with E-state index in [2.05, 4.69) is 6.07 Å². The number of carbonyl (C=O) groups is 2. The molecule has 2 atom stereocenters. The van der Waals surface area contributed by atoms with E-state index in [0.717, 1.165) is 11.8 Å². The number of nitrogens with zero attached hydrogens (tertiary/aromatic N) is 1. The number of nitriles is 1. The van der Waals surface area contributed by atoms with Crippen LogP contribution in [0.15, 0.2) is 35.2 Å². The summed E-state index contributed by atoms with van der Waals surface area (Å²) in [5.74, 6) is -2.24. The molecule has 0 saturated heterocycles. The van der Waals surface area contributed by atoms with Gasteiger partial charge in [0.1, 0.15) is 5.41 Å². The average Bonchev–Trinajstić information content (AvgIpc) is 2.87. The monoisotopic (exact) mass is 321 g/mol. The highest BCUT2D eigenvalue weighted by Gasteiger charge is 2.48. The van der Waals surface area contributed by atoms with Gasteiger partial charge in [-0.2, -0.15) is 5.26 Å². The van der Waals surface area contributed by atoms with E-state index < -0.39 is 21.9 Å². The van der Waals surface area contributed by atoms with Crippen molar-refractivity contribution in [3.63, 3.8) is 0 Å². The third kappa shape index (κ3) is 2.52. The van der Waals surface area contributed by atoms with E-state index in [0.29, 0.717) is 5.56 Å². The summed E-state index contributed by atoms with van der Waals surface area (Å²) < 4.78 is -0.408. The van der Waals surface area contributed by atoms with Crippen molar-refractivity contribution < 1.29 is 19.8 Å². The van der Waals surface area contributed by atoms with Crippen molar-refractivity contribution in [2.45, 2.75) is 10.00 Å². The molecule has 1 heterocycles. The normalized spacial score (nSPS) is 24.2. The lowest BCUT2D eigenvalue weighted by molar-refractivity contribution is -0.131. The number of thioether (sulfide) groups is 2. The summed E-state index contributed by atoms with van der Waals surface area (Å²) in [7, 11) is 0. The summed E-state index contributed by atoms with van der Waals surface area (Å²) in [6, 6.07) is 8.35. The van der Waals surface area contributed by atoms with E-state index in [1.54, 1.807) is 24.5 Å². The lowest BCUT2D eigenvalue weighted by Crippen LogP contribution is -2.31. The number of aliphatic carboxylic acids is 1. The van der Waals surface area contributed by atoms with Crippen molar-refractivity contribution in [2.75, 3.05) is 6.26 Å². The fourth-order valence-corrected chi connectivity index (χ4v) is 4.58. The largest absolute Gasteiger partial charge is 0.478 e. The quantitative estimate of drug-likeness (QED) is 0.879. The topological polar surface area (TPSA) is 98.4 Å². The Morgan fingerprint density at radius 1 is 1.33 bits per heavy atom. The van der Waals surface area contributed by atoms with E-state index in [1.165, 1.54) is 23.9 Å². The highest BCUT2D eigenvalue weighted by molar-refractivity contribution is 8.19. The van der Waals surface area contributed by atoms with Crippen molar-refractivity contribution in [2.24, 2.45) is 0 Å². The fourth-order valence-electron chi connectivity index (χ4n) is 2.24. The van der Waals surface area contributed by atoms with E-state index >= 15 is 0 Å². The molecule has 21 heavy (non-hydrogen) atoms. The second-order valence-corrected chi connectivity index (χ2v) is 6.72. The van der Waals surface area contributed by atoms with Gasteiger partial charge in [-0.25, -0.2) is 9.59 Å². The van der Waals surface area contributed by atoms with Crippen LogP contribution in [0.5, 0.6) is 0 Å². The van der Waals surface area contributed by atoms with E-state index in [-0.39, 0.29) is 10.5 Å². The van der Waals surface area contributed by atoms with Crippen molar-refractivity contribution in [3.05, 3.63) is 46.4 Å². The molecule has 1 aliphatic rings. The number of carboxylic acids is 2. The van der Waals surface area contributed by atoms with Gasteiger partial charge in [-0.15, -0.1) is 23.5 Å². The molecule has 2 N–H and O–H groups in total. The zero-order valence-corrected chi connectivity index (χ0v) is 12.6. The molecule has 0 aromatic heterocycles. The maximum atomic E-state index is 11.4. The molecule has 0 spiro atoms. The second kappa shape index (κ2) is 5.84. The molecule has 1 aromatic carbocycles. The van der Waals surface area contributed by atoms with Crippen LogP contribution >= 0.6 is 23.5 Å². The summed E-state index contributed by atoms with van der Waals surface area (Å²) in [5, 5.41) is 28.1. The van der Waals surface area contributed by atoms with Gasteiger partial charge in [0, 0.05) is 0 Å². The zero-order chi connectivity index (χ0) is 15.6. The highest BCUT2D eigenvalue weighted by atomic mass is 32.2. The fraction of sp³-hybridized carbons (Fsp3) is 0.214. The number of allylic oxidation sites excluding steroid dienone is 1. The lowest BCUT2D eigenvalue weighted by atomic mass is 9.80. The maximum absolute atomic E-state index is 11.4. The molecule has 2 unspecified atom stereocenters. The first-order valence-corrected chi connectivity index (χ1v) is 8.02. The van der Waals surface area contributed by atoms with Crippen LogP contribution in [0.3, 0.4) is 0 Å². The lowest BCUT2D eigenvalue weighted by Gasteiger charge is -2.27. The molecule has 0 radical (unpaired) electrons. The van der Waals surface area contributed by atoms with Crippen LogP contribution in [0.1, 0.15) is 15.9 Å². The van der Waals surface area contributed by atoms with Gasteiger partial charge in [0.2, 0.25) is 0 Å². The molecule has 0 amide bonds. The van der Waals surface area contributed by atoms with Gasteiger partial charge in [-0.3, -0.25) is 0 Å². The molecule has 0 aliphatic carbocycles. The maximum Gasteiger partial charge on any atom is 0.341 e. The van der Waals surface area contributed by atoms with Gasteiger partial charge in [0.25, 0.3) is 0 Å². The molecule has 0 saturated carbocycles. The molecule has 7 heteroatoms.